The summed E-state index contributed by atoms with van der Waals surface area (Å²) < 4.78 is 11.8. The van der Waals surface area contributed by atoms with Gasteiger partial charge in [0.1, 0.15) is 11.5 Å². The summed E-state index contributed by atoms with van der Waals surface area (Å²) in [7, 11) is 0. The van der Waals surface area contributed by atoms with Crippen LogP contribution in [0.15, 0.2) is 94.9 Å². The Morgan fingerprint density at radius 3 is 1.26 bits per heavy atom. The molecule has 6 heteroatoms. The molecule has 0 atom stereocenters. The Balaban J connectivity index is 1.28. The van der Waals surface area contributed by atoms with Gasteiger partial charge in [-0.15, -0.1) is 0 Å². The predicted molar refractivity (Wildman–Crippen MR) is 205 cm³/mol. The van der Waals surface area contributed by atoms with Gasteiger partial charge < -0.3 is 9.47 Å². The van der Waals surface area contributed by atoms with Gasteiger partial charge in [-0.1, -0.05) is 102 Å². The van der Waals surface area contributed by atoms with Gasteiger partial charge in [0.25, 0.3) is 0 Å². The van der Waals surface area contributed by atoms with E-state index in [1.165, 1.54) is 64.2 Å². The number of carbonyl (C=O) groups is 2. The second kappa shape index (κ2) is 19.4. The van der Waals surface area contributed by atoms with Crippen LogP contribution in [0.25, 0.3) is 0 Å². The van der Waals surface area contributed by atoms with Gasteiger partial charge in [-0.3, -0.25) is 19.6 Å². The van der Waals surface area contributed by atoms with Gasteiger partial charge in [0.15, 0.2) is 11.6 Å². The van der Waals surface area contributed by atoms with Crippen molar-refractivity contribution in [2.45, 2.75) is 90.9 Å². The molecule has 4 aromatic rings. The Labute approximate surface area is 297 Å². The van der Waals surface area contributed by atoms with Crippen LogP contribution in [-0.4, -0.2) is 37.2 Å². The summed E-state index contributed by atoms with van der Waals surface area (Å²) in [6.45, 7) is 5.87. The first-order valence-corrected chi connectivity index (χ1v) is 18.5. The van der Waals surface area contributed by atoms with Crippen molar-refractivity contribution in [3.63, 3.8) is 0 Å². The van der Waals surface area contributed by atoms with Gasteiger partial charge in [-0.05, 0) is 84.6 Å². The number of unbranched alkanes of at least 4 members (excludes halogenated alkanes) is 10. The SMILES string of the molecule is CCCCCCCCOc1ccc(C=Nc2ccc(N=Cc3ccc(OCCCCCCCC)cc3)c3c2C(=O)c2ccccc2C3=O)cc1. The number of rotatable bonds is 20. The van der Waals surface area contributed by atoms with E-state index in [0.717, 1.165) is 35.5 Å². The minimum absolute atomic E-state index is 0.232. The minimum atomic E-state index is -0.232. The number of nitrogens with zero attached hydrogens (tertiary/aromatic N) is 2. The lowest BCUT2D eigenvalue weighted by Gasteiger charge is -2.20. The number of hydrogen-bond acceptors (Lipinski definition) is 6. The molecule has 0 fully saturated rings. The van der Waals surface area contributed by atoms with E-state index in [-0.39, 0.29) is 22.7 Å². The topological polar surface area (TPSA) is 77.3 Å². The Bertz CT molecular complexity index is 1630. The van der Waals surface area contributed by atoms with E-state index in [9.17, 15) is 9.59 Å². The number of fused-ring (bicyclic) bond motifs is 2. The van der Waals surface area contributed by atoms with Crippen molar-refractivity contribution in [3.8, 4) is 11.5 Å². The summed E-state index contributed by atoms with van der Waals surface area (Å²) in [5.74, 6) is 1.18. The fraction of sp³-hybridized carbons (Fsp3) is 0.364. The Hall–Kier alpha value is -4.84. The number of ether oxygens (including phenoxy) is 2. The molecule has 0 bridgehead atoms. The van der Waals surface area contributed by atoms with Gasteiger partial charge >= 0.3 is 0 Å². The molecule has 0 radical (unpaired) electrons. The number of ketones is 2. The second-order valence-corrected chi connectivity index (χ2v) is 12.9. The monoisotopic (exact) mass is 670 g/mol. The van der Waals surface area contributed by atoms with Crippen LogP contribution in [0, 0.1) is 0 Å². The molecule has 0 heterocycles. The molecular formula is C44H50N2O4. The van der Waals surface area contributed by atoms with Crippen molar-refractivity contribution in [1.29, 1.82) is 0 Å². The zero-order valence-electron chi connectivity index (χ0n) is 29.7. The molecule has 0 amide bonds. The maximum Gasteiger partial charge on any atom is 0.196 e. The average molecular weight is 671 g/mol. The summed E-state index contributed by atoms with van der Waals surface area (Å²) in [6.07, 6.45) is 18.1. The van der Waals surface area contributed by atoms with Crippen LogP contribution in [0.3, 0.4) is 0 Å². The van der Waals surface area contributed by atoms with Gasteiger partial charge in [0.05, 0.1) is 35.7 Å². The number of benzene rings is 4. The smallest absolute Gasteiger partial charge is 0.196 e. The molecule has 0 aromatic heterocycles. The molecule has 1 aliphatic carbocycles. The van der Waals surface area contributed by atoms with Gasteiger partial charge in [0.2, 0.25) is 0 Å². The van der Waals surface area contributed by atoms with Crippen LogP contribution in [0.4, 0.5) is 11.4 Å². The number of carbonyl (C=O) groups excluding carboxylic acids is 2. The largest absolute Gasteiger partial charge is 0.494 e. The van der Waals surface area contributed by atoms with Crippen LogP contribution in [0.5, 0.6) is 11.5 Å². The summed E-state index contributed by atoms with van der Waals surface area (Å²) in [6, 6.07) is 26.0. The van der Waals surface area contributed by atoms with Gasteiger partial charge in [-0.25, -0.2) is 0 Å². The van der Waals surface area contributed by atoms with Crippen molar-refractivity contribution in [2.24, 2.45) is 9.98 Å². The van der Waals surface area contributed by atoms with Crippen LogP contribution < -0.4 is 9.47 Å². The standard InChI is InChI=1S/C44H50N2O4/c1-3-5-7-9-11-15-29-49-35-23-19-33(20-24-35)31-45-39-27-28-40(42-41(39)43(47)37-17-13-14-18-38(37)44(42)48)46-32-34-21-25-36(26-22-34)50-30-16-12-10-8-6-4-2/h13-14,17-28,31-32H,3-12,15-16,29-30H2,1-2H3. The number of aliphatic imine (C=N–C) groups is 2. The third-order valence-corrected chi connectivity index (χ3v) is 9.03. The lowest BCUT2D eigenvalue weighted by molar-refractivity contribution is 0.0980. The first kappa shape index (κ1) is 36.4. The van der Waals surface area contributed by atoms with E-state index in [4.69, 9.17) is 19.5 Å². The molecule has 50 heavy (non-hydrogen) atoms. The molecule has 0 N–H and O–H groups in total. The van der Waals surface area contributed by atoms with Crippen molar-refractivity contribution in [2.75, 3.05) is 13.2 Å². The maximum atomic E-state index is 13.9. The molecule has 0 aliphatic heterocycles. The minimum Gasteiger partial charge on any atom is -0.494 e. The third-order valence-electron chi connectivity index (χ3n) is 9.03. The highest BCUT2D eigenvalue weighted by atomic mass is 16.5. The summed E-state index contributed by atoms with van der Waals surface area (Å²) >= 11 is 0. The normalized spacial score (nSPS) is 12.4. The number of hydrogen-bond donors (Lipinski definition) is 0. The molecular weight excluding hydrogens is 620 g/mol. The maximum absolute atomic E-state index is 13.9. The highest BCUT2D eigenvalue weighted by Gasteiger charge is 2.33. The Morgan fingerprint density at radius 1 is 0.480 bits per heavy atom. The Kier molecular flexibility index (Phi) is 14.1. The zero-order chi connectivity index (χ0) is 35.0. The predicted octanol–water partition coefficient (Wildman–Crippen LogP) is 11.4. The summed E-state index contributed by atoms with van der Waals surface area (Å²) in [4.78, 5) is 37.1. The van der Waals surface area contributed by atoms with Crippen LogP contribution >= 0.6 is 0 Å². The molecule has 260 valence electrons. The van der Waals surface area contributed by atoms with E-state index in [0.29, 0.717) is 35.7 Å². The molecule has 6 nitrogen and oxygen atoms in total. The van der Waals surface area contributed by atoms with Crippen LogP contribution in [0.2, 0.25) is 0 Å². The molecule has 5 rings (SSSR count). The van der Waals surface area contributed by atoms with E-state index >= 15 is 0 Å². The van der Waals surface area contributed by atoms with Crippen molar-refractivity contribution in [3.05, 3.63) is 118 Å². The van der Waals surface area contributed by atoms with Gasteiger partial charge in [0, 0.05) is 23.6 Å². The van der Waals surface area contributed by atoms with E-state index < -0.39 is 0 Å². The van der Waals surface area contributed by atoms with E-state index in [1.807, 2.05) is 48.5 Å². The first-order chi connectivity index (χ1) is 24.6. The van der Waals surface area contributed by atoms with Gasteiger partial charge in [-0.2, -0.15) is 0 Å². The average Bonchev–Trinajstić information content (AvgIpc) is 3.15. The van der Waals surface area contributed by atoms with E-state index in [1.54, 1.807) is 48.8 Å². The quantitative estimate of drug-likeness (QED) is 0.0610. The fourth-order valence-corrected chi connectivity index (χ4v) is 6.14. The van der Waals surface area contributed by atoms with E-state index in [2.05, 4.69) is 13.8 Å². The zero-order valence-corrected chi connectivity index (χ0v) is 29.7. The van der Waals surface area contributed by atoms with Crippen LogP contribution in [-0.2, 0) is 0 Å². The molecule has 0 spiro atoms. The lowest BCUT2D eigenvalue weighted by atomic mass is 9.82. The fourth-order valence-electron chi connectivity index (χ4n) is 6.14. The summed E-state index contributed by atoms with van der Waals surface area (Å²) in [5, 5.41) is 0. The van der Waals surface area contributed by atoms with Crippen molar-refractivity contribution < 1.29 is 19.1 Å². The first-order valence-electron chi connectivity index (χ1n) is 18.5. The summed E-state index contributed by atoms with van der Waals surface area (Å²) in [5.41, 5.74) is 3.90. The lowest BCUT2D eigenvalue weighted by Crippen LogP contribution is -2.21. The molecule has 4 aromatic carbocycles. The Morgan fingerprint density at radius 2 is 0.860 bits per heavy atom. The second-order valence-electron chi connectivity index (χ2n) is 12.9. The molecule has 1 aliphatic rings. The van der Waals surface area contributed by atoms with Crippen molar-refractivity contribution in [1.82, 2.24) is 0 Å². The highest BCUT2D eigenvalue weighted by Crippen LogP contribution is 2.39. The van der Waals surface area contributed by atoms with Crippen LogP contribution in [0.1, 0.15) is 134 Å². The highest BCUT2D eigenvalue weighted by molar-refractivity contribution is 6.31. The molecule has 0 saturated heterocycles. The van der Waals surface area contributed by atoms with Crippen molar-refractivity contribution >= 4 is 35.4 Å². The molecule has 0 saturated carbocycles. The molecule has 0 unspecified atom stereocenters. The third kappa shape index (κ3) is 10.1.